The standard InChI is InChI=1S/C23H27NO5/c1-3-27-23(25)22-16-20(24-29-22)18-11-7-12-19(15-18)28-21(13-8-14-26-2)17-9-5-4-6-10-17/h4-7,9-12,15,21-22H,3,8,13-14,16H2,1-2H3. The number of oxime groups is 1. The maximum absolute atomic E-state index is 11.9. The summed E-state index contributed by atoms with van der Waals surface area (Å²) in [5, 5.41) is 4.07. The Bertz CT molecular complexity index is 821. The van der Waals surface area contributed by atoms with Gasteiger partial charge in [0.2, 0.25) is 6.10 Å². The van der Waals surface area contributed by atoms with E-state index in [1.54, 1.807) is 14.0 Å². The lowest BCUT2D eigenvalue weighted by atomic mass is 10.0. The summed E-state index contributed by atoms with van der Waals surface area (Å²) in [5.41, 5.74) is 2.71. The molecule has 1 heterocycles. The summed E-state index contributed by atoms with van der Waals surface area (Å²) < 4.78 is 16.5. The van der Waals surface area contributed by atoms with Gasteiger partial charge >= 0.3 is 5.97 Å². The Hall–Kier alpha value is -2.86. The summed E-state index contributed by atoms with van der Waals surface area (Å²) in [6.45, 7) is 2.78. The van der Waals surface area contributed by atoms with Crippen LogP contribution in [-0.2, 0) is 19.1 Å². The first kappa shape index (κ1) is 20.9. The third-order valence-electron chi connectivity index (χ3n) is 4.65. The minimum Gasteiger partial charge on any atom is -0.486 e. The van der Waals surface area contributed by atoms with E-state index >= 15 is 0 Å². The van der Waals surface area contributed by atoms with Gasteiger partial charge in [-0.2, -0.15) is 0 Å². The second-order valence-corrected chi connectivity index (χ2v) is 6.77. The van der Waals surface area contributed by atoms with Crippen LogP contribution >= 0.6 is 0 Å². The Morgan fingerprint density at radius 3 is 2.79 bits per heavy atom. The van der Waals surface area contributed by atoms with Gasteiger partial charge in [0.25, 0.3) is 0 Å². The Kier molecular flexibility index (Phi) is 7.64. The summed E-state index contributed by atoms with van der Waals surface area (Å²) in [7, 11) is 1.70. The van der Waals surface area contributed by atoms with Gasteiger partial charge in [-0.05, 0) is 37.5 Å². The molecule has 2 unspecified atom stereocenters. The molecule has 0 spiro atoms. The summed E-state index contributed by atoms with van der Waals surface area (Å²) in [4.78, 5) is 17.1. The lowest BCUT2D eigenvalue weighted by Crippen LogP contribution is -2.23. The number of ether oxygens (including phenoxy) is 3. The highest BCUT2D eigenvalue weighted by Crippen LogP contribution is 2.28. The normalized spacial score (nSPS) is 16.6. The molecule has 0 amide bonds. The average Bonchev–Trinajstić information content (AvgIpc) is 3.25. The van der Waals surface area contributed by atoms with E-state index in [0.717, 1.165) is 29.7 Å². The predicted octanol–water partition coefficient (Wildman–Crippen LogP) is 4.29. The van der Waals surface area contributed by atoms with Crippen molar-refractivity contribution in [1.29, 1.82) is 0 Å². The van der Waals surface area contributed by atoms with Crippen molar-refractivity contribution < 1.29 is 23.8 Å². The Labute approximate surface area is 171 Å². The van der Waals surface area contributed by atoms with Crippen molar-refractivity contribution in [2.24, 2.45) is 5.16 Å². The number of hydrogen-bond donors (Lipinski definition) is 0. The molecule has 1 aliphatic heterocycles. The molecular weight excluding hydrogens is 370 g/mol. The van der Waals surface area contributed by atoms with Gasteiger partial charge < -0.3 is 19.0 Å². The van der Waals surface area contributed by atoms with Gasteiger partial charge in [-0.1, -0.05) is 47.6 Å². The number of carbonyl (C=O) groups is 1. The zero-order chi connectivity index (χ0) is 20.5. The lowest BCUT2D eigenvalue weighted by molar-refractivity contribution is -0.154. The second kappa shape index (κ2) is 10.6. The number of hydrogen-bond acceptors (Lipinski definition) is 6. The molecule has 0 aliphatic carbocycles. The molecule has 0 saturated heterocycles. The molecule has 1 aliphatic rings. The molecule has 29 heavy (non-hydrogen) atoms. The van der Waals surface area contributed by atoms with Gasteiger partial charge in [-0.15, -0.1) is 0 Å². The van der Waals surface area contributed by atoms with Gasteiger partial charge in [0.15, 0.2) is 0 Å². The topological polar surface area (TPSA) is 66.4 Å². The third-order valence-corrected chi connectivity index (χ3v) is 4.65. The van der Waals surface area contributed by atoms with Crippen molar-refractivity contribution in [2.75, 3.05) is 20.3 Å². The fourth-order valence-corrected chi connectivity index (χ4v) is 3.20. The van der Waals surface area contributed by atoms with Crippen LogP contribution in [0.4, 0.5) is 0 Å². The predicted molar refractivity (Wildman–Crippen MR) is 110 cm³/mol. The van der Waals surface area contributed by atoms with Gasteiger partial charge in [-0.3, -0.25) is 0 Å². The van der Waals surface area contributed by atoms with E-state index in [1.807, 2.05) is 42.5 Å². The van der Waals surface area contributed by atoms with E-state index in [1.165, 1.54) is 0 Å². The third kappa shape index (κ3) is 5.81. The number of nitrogens with zero attached hydrogens (tertiary/aromatic N) is 1. The van der Waals surface area contributed by atoms with E-state index in [2.05, 4.69) is 17.3 Å². The van der Waals surface area contributed by atoms with E-state index in [-0.39, 0.29) is 12.1 Å². The SMILES string of the molecule is CCOC(=O)C1CC(c2cccc(OC(CCCOC)c3ccccc3)c2)=NO1. The summed E-state index contributed by atoms with van der Waals surface area (Å²) in [6.07, 6.45) is 1.38. The minimum absolute atomic E-state index is 0.0735. The van der Waals surface area contributed by atoms with Crippen LogP contribution in [0.5, 0.6) is 5.75 Å². The molecule has 6 heteroatoms. The highest BCUT2D eigenvalue weighted by atomic mass is 16.7. The fourth-order valence-electron chi connectivity index (χ4n) is 3.20. The number of rotatable bonds is 10. The van der Waals surface area contributed by atoms with Crippen LogP contribution in [0.15, 0.2) is 59.8 Å². The second-order valence-electron chi connectivity index (χ2n) is 6.77. The van der Waals surface area contributed by atoms with Crippen LogP contribution in [0.3, 0.4) is 0 Å². The van der Waals surface area contributed by atoms with E-state index < -0.39 is 6.10 Å². The number of benzene rings is 2. The number of methoxy groups -OCH3 is 1. The lowest BCUT2D eigenvalue weighted by Gasteiger charge is -2.20. The molecule has 0 bridgehead atoms. The molecule has 0 N–H and O–H groups in total. The van der Waals surface area contributed by atoms with E-state index in [9.17, 15) is 4.79 Å². The van der Waals surface area contributed by atoms with Crippen LogP contribution in [0, 0.1) is 0 Å². The van der Waals surface area contributed by atoms with Gasteiger partial charge in [0.1, 0.15) is 11.9 Å². The number of carbonyl (C=O) groups excluding carboxylic acids is 1. The Balaban J connectivity index is 1.70. The number of esters is 1. The molecule has 0 saturated carbocycles. The zero-order valence-electron chi connectivity index (χ0n) is 16.9. The zero-order valence-corrected chi connectivity index (χ0v) is 16.9. The highest BCUT2D eigenvalue weighted by Gasteiger charge is 2.30. The minimum atomic E-state index is -0.680. The monoisotopic (exact) mass is 397 g/mol. The highest BCUT2D eigenvalue weighted by molar-refractivity contribution is 6.03. The Morgan fingerprint density at radius 1 is 1.21 bits per heavy atom. The van der Waals surface area contributed by atoms with Gasteiger partial charge in [0.05, 0.1) is 12.3 Å². The van der Waals surface area contributed by atoms with Crippen molar-refractivity contribution in [3.05, 3.63) is 65.7 Å². The van der Waals surface area contributed by atoms with Gasteiger partial charge in [0, 0.05) is 25.7 Å². The van der Waals surface area contributed by atoms with Crippen LogP contribution in [-0.4, -0.2) is 38.1 Å². The first-order chi connectivity index (χ1) is 14.2. The van der Waals surface area contributed by atoms with Gasteiger partial charge in [-0.25, -0.2) is 4.79 Å². The molecule has 154 valence electrons. The summed E-state index contributed by atoms with van der Waals surface area (Å²) in [6, 6.07) is 17.9. The van der Waals surface area contributed by atoms with Crippen molar-refractivity contribution in [2.45, 2.75) is 38.4 Å². The molecule has 2 atom stereocenters. The summed E-state index contributed by atoms with van der Waals surface area (Å²) in [5.74, 6) is 0.358. The molecule has 3 rings (SSSR count). The van der Waals surface area contributed by atoms with Crippen LogP contribution in [0.1, 0.15) is 43.4 Å². The van der Waals surface area contributed by atoms with Crippen molar-refractivity contribution in [1.82, 2.24) is 0 Å². The van der Waals surface area contributed by atoms with E-state index in [0.29, 0.717) is 25.3 Å². The molecule has 0 aromatic heterocycles. The quantitative estimate of drug-likeness (QED) is 0.442. The van der Waals surface area contributed by atoms with Crippen LogP contribution in [0.25, 0.3) is 0 Å². The molecular formula is C23H27NO5. The van der Waals surface area contributed by atoms with Crippen molar-refractivity contribution in [3.63, 3.8) is 0 Å². The largest absolute Gasteiger partial charge is 0.486 e. The van der Waals surface area contributed by atoms with Crippen molar-refractivity contribution >= 4 is 11.7 Å². The van der Waals surface area contributed by atoms with Crippen molar-refractivity contribution in [3.8, 4) is 5.75 Å². The molecule has 2 aromatic rings. The molecule has 6 nitrogen and oxygen atoms in total. The fraction of sp³-hybridized carbons (Fsp3) is 0.391. The maximum Gasteiger partial charge on any atom is 0.350 e. The molecule has 0 radical (unpaired) electrons. The Morgan fingerprint density at radius 2 is 2.03 bits per heavy atom. The molecule has 2 aromatic carbocycles. The average molecular weight is 397 g/mol. The first-order valence-corrected chi connectivity index (χ1v) is 9.91. The van der Waals surface area contributed by atoms with E-state index in [4.69, 9.17) is 19.0 Å². The molecule has 0 fully saturated rings. The summed E-state index contributed by atoms with van der Waals surface area (Å²) >= 11 is 0. The smallest absolute Gasteiger partial charge is 0.350 e. The maximum atomic E-state index is 11.9. The van der Waals surface area contributed by atoms with Crippen LogP contribution < -0.4 is 4.74 Å². The van der Waals surface area contributed by atoms with Crippen LogP contribution in [0.2, 0.25) is 0 Å². The first-order valence-electron chi connectivity index (χ1n) is 9.91.